The van der Waals surface area contributed by atoms with Gasteiger partial charge in [0.2, 0.25) is 0 Å². The Hall–Kier alpha value is -1.65. The van der Waals surface area contributed by atoms with E-state index in [-0.39, 0.29) is 30.0 Å². The molecular weight excluding hydrogens is 461 g/mol. The molecule has 1 aliphatic carbocycles. The average Bonchev–Trinajstić information content (AvgIpc) is 3.39. The Morgan fingerprint density at radius 2 is 1.78 bits per heavy atom. The monoisotopic (exact) mass is 484 g/mol. The first-order valence-electron chi connectivity index (χ1n) is 10.5. The quantitative estimate of drug-likeness (QED) is 0.572. The Kier molecular flexibility index (Phi) is 6.09. The number of halogens is 7. The summed E-state index contributed by atoms with van der Waals surface area (Å²) in [6.07, 6.45) is -10.1. The molecule has 3 nitrogen and oxygen atoms in total. The molecular formula is C21H23F7N2OS. The number of rotatable bonds is 3. The zero-order valence-corrected chi connectivity index (χ0v) is 17.8. The number of thioether (sulfide) groups is 1. The molecule has 3 atom stereocenters. The third-order valence-corrected chi connectivity index (χ3v) is 8.04. The van der Waals surface area contributed by atoms with Crippen LogP contribution in [0, 0.1) is 5.92 Å². The topological polar surface area (TPSA) is 32.3 Å². The molecule has 4 rings (SSSR count). The van der Waals surface area contributed by atoms with Crippen LogP contribution in [0.3, 0.4) is 0 Å². The van der Waals surface area contributed by atoms with Crippen LogP contribution in [0.4, 0.5) is 35.5 Å². The predicted octanol–water partition coefficient (Wildman–Crippen LogP) is 5.54. The Labute approximate surface area is 185 Å². The van der Waals surface area contributed by atoms with Crippen LogP contribution in [-0.4, -0.2) is 53.9 Å². The fraction of sp³-hybridized carbons (Fsp3) is 0.667. The van der Waals surface area contributed by atoms with Crippen LogP contribution in [-0.2, 0) is 12.1 Å². The van der Waals surface area contributed by atoms with E-state index in [1.165, 1.54) is 6.07 Å². The van der Waals surface area contributed by atoms with E-state index < -0.39 is 23.6 Å². The van der Waals surface area contributed by atoms with Gasteiger partial charge < -0.3 is 10.2 Å². The van der Waals surface area contributed by atoms with Crippen LogP contribution in [0.2, 0.25) is 0 Å². The zero-order chi connectivity index (χ0) is 23.3. The minimum absolute atomic E-state index is 0.174. The molecule has 11 heteroatoms. The van der Waals surface area contributed by atoms with Gasteiger partial charge in [-0.3, -0.25) is 0 Å². The van der Waals surface area contributed by atoms with Gasteiger partial charge in [-0.1, -0.05) is 18.2 Å². The Morgan fingerprint density at radius 3 is 2.41 bits per heavy atom. The van der Waals surface area contributed by atoms with Crippen molar-refractivity contribution < 1.29 is 35.5 Å². The van der Waals surface area contributed by atoms with Gasteiger partial charge in [-0.2, -0.15) is 38.1 Å². The number of nitrogens with zero attached hydrogens (tertiary/aromatic N) is 1. The van der Waals surface area contributed by atoms with E-state index in [2.05, 4.69) is 5.32 Å². The maximum Gasteiger partial charge on any atom is 0.435 e. The third-order valence-electron chi connectivity index (χ3n) is 6.80. The highest BCUT2D eigenvalue weighted by molar-refractivity contribution is 7.99. The number of carbonyl (C=O) groups excluding carboxylic acids is 1. The Balaban J connectivity index is 1.53. The van der Waals surface area contributed by atoms with Crippen LogP contribution in [0.5, 0.6) is 0 Å². The SMILES string of the molecule is O=C(NCC1CCSC1)N1CC[C@H]2c3ccc(C(F)(C(F)(F)F)C(F)(F)F)cc3CCC21. The van der Waals surface area contributed by atoms with Crippen molar-refractivity contribution in [2.24, 2.45) is 5.92 Å². The number of urea groups is 1. The predicted molar refractivity (Wildman–Crippen MR) is 106 cm³/mol. The lowest BCUT2D eigenvalue weighted by Gasteiger charge is -2.35. The van der Waals surface area contributed by atoms with E-state index in [1.54, 1.807) is 4.90 Å². The van der Waals surface area contributed by atoms with Crippen molar-refractivity contribution in [3.63, 3.8) is 0 Å². The number of amides is 2. The summed E-state index contributed by atoms with van der Waals surface area (Å²) in [4.78, 5) is 14.4. The molecule has 1 aromatic rings. The lowest BCUT2D eigenvalue weighted by Crippen LogP contribution is -2.50. The molecule has 2 fully saturated rings. The van der Waals surface area contributed by atoms with E-state index in [9.17, 15) is 35.5 Å². The normalized spacial score (nSPS) is 26.1. The number of benzene rings is 1. The lowest BCUT2D eigenvalue weighted by atomic mass is 9.77. The summed E-state index contributed by atoms with van der Waals surface area (Å²) in [7, 11) is 0. The van der Waals surface area contributed by atoms with Crippen LogP contribution < -0.4 is 5.32 Å². The maximum atomic E-state index is 14.4. The van der Waals surface area contributed by atoms with Crippen LogP contribution in [0.15, 0.2) is 18.2 Å². The van der Waals surface area contributed by atoms with Crippen LogP contribution in [0.25, 0.3) is 0 Å². The van der Waals surface area contributed by atoms with Gasteiger partial charge in [-0.05, 0) is 54.2 Å². The molecule has 0 radical (unpaired) electrons. The first-order valence-corrected chi connectivity index (χ1v) is 11.7. The summed E-state index contributed by atoms with van der Waals surface area (Å²) in [6, 6.07) is 2.10. The summed E-state index contributed by atoms with van der Waals surface area (Å²) in [5, 5.41) is 2.96. The van der Waals surface area contributed by atoms with Crippen LogP contribution >= 0.6 is 11.8 Å². The van der Waals surface area contributed by atoms with Gasteiger partial charge in [0, 0.05) is 30.6 Å². The standard InChI is InChI=1S/C21H23F7N2OS/c22-19(20(23,24)25,21(26,27)28)14-2-3-15-13(9-14)1-4-17-16(15)5-7-30(17)18(31)29-10-12-6-8-32-11-12/h2-3,9,12,16-17H,1,4-8,10-11H2,(H,29,31)/t12?,16-,17?/m0/s1. The van der Waals surface area contributed by atoms with Gasteiger partial charge in [0.25, 0.3) is 0 Å². The molecule has 1 N–H and O–H groups in total. The Morgan fingerprint density at radius 1 is 1.06 bits per heavy atom. The summed E-state index contributed by atoms with van der Waals surface area (Å²) in [5.74, 6) is 2.34. The van der Waals surface area contributed by atoms with Crippen molar-refractivity contribution >= 4 is 17.8 Å². The first kappa shape index (κ1) is 23.5. The smallest absolute Gasteiger partial charge is 0.338 e. The minimum Gasteiger partial charge on any atom is -0.338 e. The number of alkyl halides is 7. The Bertz CT molecular complexity index is 853. The van der Waals surface area contributed by atoms with Crippen molar-refractivity contribution in [3.05, 3.63) is 34.9 Å². The number of fused-ring (bicyclic) bond motifs is 3. The van der Waals surface area contributed by atoms with Crippen molar-refractivity contribution in [3.8, 4) is 0 Å². The number of aryl methyl sites for hydroxylation is 1. The van der Waals surface area contributed by atoms with E-state index in [0.29, 0.717) is 49.5 Å². The fourth-order valence-electron chi connectivity index (χ4n) is 5.09. The van der Waals surface area contributed by atoms with Gasteiger partial charge in [0.05, 0.1) is 0 Å². The minimum atomic E-state index is -6.13. The van der Waals surface area contributed by atoms with E-state index in [0.717, 1.165) is 17.9 Å². The second-order valence-electron chi connectivity index (χ2n) is 8.68. The molecule has 0 saturated carbocycles. The molecule has 32 heavy (non-hydrogen) atoms. The molecule has 2 heterocycles. The van der Waals surface area contributed by atoms with Gasteiger partial charge in [0.1, 0.15) is 0 Å². The van der Waals surface area contributed by atoms with E-state index in [4.69, 9.17) is 0 Å². The molecule has 0 spiro atoms. The molecule has 2 aliphatic heterocycles. The summed E-state index contributed by atoms with van der Waals surface area (Å²) >= 11 is 1.85. The van der Waals surface area contributed by atoms with E-state index >= 15 is 0 Å². The zero-order valence-electron chi connectivity index (χ0n) is 17.0. The molecule has 178 valence electrons. The summed E-state index contributed by atoms with van der Waals surface area (Å²) < 4.78 is 93.1. The highest BCUT2D eigenvalue weighted by atomic mass is 32.2. The molecule has 2 unspecified atom stereocenters. The van der Waals surface area contributed by atoms with Crippen molar-refractivity contribution in [1.29, 1.82) is 0 Å². The van der Waals surface area contributed by atoms with Crippen LogP contribution in [0.1, 0.15) is 41.9 Å². The lowest BCUT2D eigenvalue weighted by molar-refractivity contribution is -0.348. The van der Waals surface area contributed by atoms with Gasteiger partial charge >= 0.3 is 24.1 Å². The number of carbonyl (C=O) groups is 1. The molecule has 1 aromatic carbocycles. The average molecular weight is 484 g/mol. The molecule has 0 aromatic heterocycles. The summed E-state index contributed by atoms with van der Waals surface area (Å²) in [5.41, 5.74) is -5.99. The third kappa shape index (κ3) is 3.94. The second-order valence-corrected chi connectivity index (χ2v) is 9.83. The highest BCUT2D eigenvalue weighted by Gasteiger charge is 2.73. The van der Waals surface area contributed by atoms with Gasteiger partial charge in [-0.15, -0.1) is 0 Å². The number of hydrogen-bond acceptors (Lipinski definition) is 2. The maximum absolute atomic E-state index is 14.4. The largest absolute Gasteiger partial charge is 0.435 e. The molecule has 3 aliphatic rings. The first-order chi connectivity index (χ1) is 14.9. The molecule has 2 saturated heterocycles. The number of likely N-dealkylation sites (tertiary alicyclic amines) is 1. The van der Waals surface area contributed by atoms with Crippen molar-refractivity contribution in [2.75, 3.05) is 24.6 Å². The van der Waals surface area contributed by atoms with Crippen molar-refractivity contribution in [2.45, 2.75) is 55.7 Å². The number of hydrogen-bond donors (Lipinski definition) is 1. The highest BCUT2D eigenvalue weighted by Crippen LogP contribution is 2.54. The fourth-order valence-corrected chi connectivity index (χ4v) is 6.38. The summed E-state index contributed by atoms with van der Waals surface area (Å²) in [6.45, 7) is 1.05. The van der Waals surface area contributed by atoms with Gasteiger partial charge in [0.15, 0.2) is 0 Å². The molecule has 2 amide bonds. The van der Waals surface area contributed by atoms with E-state index in [1.807, 2.05) is 11.8 Å². The number of nitrogens with one attached hydrogen (secondary N) is 1. The molecule has 0 bridgehead atoms. The van der Waals surface area contributed by atoms with Gasteiger partial charge in [-0.25, -0.2) is 9.18 Å². The second kappa shape index (κ2) is 8.29. The van der Waals surface area contributed by atoms with Crippen molar-refractivity contribution in [1.82, 2.24) is 10.2 Å².